The van der Waals surface area contributed by atoms with E-state index in [9.17, 15) is 14.0 Å². The van der Waals surface area contributed by atoms with Gasteiger partial charge in [-0.2, -0.15) is 0 Å². The van der Waals surface area contributed by atoms with Crippen LogP contribution >= 0.6 is 23.2 Å². The Hall–Kier alpha value is -1.98. The fourth-order valence-corrected chi connectivity index (χ4v) is 4.07. The van der Waals surface area contributed by atoms with Crippen LogP contribution in [0.25, 0.3) is 0 Å². The molecule has 2 aromatic rings. The van der Waals surface area contributed by atoms with Gasteiger partial charge in [0.15, 0.2) is 11.6 Å². The van der Waals surface area contributed by atoms with Crippen molar-refractivity contribution in [3.05, 3.63) is 58.1 Å². The van der Waals surface area contributed by atoms with Crippen molar-refractivity contribution in [2.24, 2.45) is 11.8 Å². The highest BCUT2D eigenvalue weighted by molar-refractivity contribution is 6.30. The van der Waals surface area contributed by atoms with Crippen molar-refractivity contribution in [3.63, 3.8) is 0 Å². The number of ether oxygens (including phenoxy) is 1. The molecule has 1 fully saturated rings. The Morgan fingerprint density at radius 2 is 1.80 bits per heavy atom. The summed E-state index contributed by atoms with van der Waals surface area (Å²) in [5.74, 6) is 0.630. The number of hydrogen-bond acceptors (Lipinski definition) is 4. The molecule has 0 spiro atoms. The molecule has 0 aliphatic heterocycles. The predicted molar refractivity (Wildman–Crippen MR) is 115 cm³/mol. The number of ketones is 2. The van der Waals surface area contributed by atoms with Crippen LogP contribution in [0.4, 0.5) is 4.39 Å². The van der Waals surface area contributed by atoms with Crippen LogP contribution in [0.15, 0.2) is 36.5 Å². The number of rotatable bonds is 9. The molecule has 0 unspecified atom stereocenters. The molecule has 0 radical (unpaired) electrons. The largest absolute Gasteiger partial charge is 0.486 e. The van der Waals surface area contributed by atoms with Crippen molar-refractivity contribution in [3.8, 4) is 5.75 Å². The lowest BCUT2D eigenvalue weighted by Crippen LogP contribution is -2.21. The van der Waals surface area contributed by atoms with Crippen LogP contribution in [0.5, 0.6) is 5.75 Å². The van der Waals surface area contributed by atoms with Crippen LogP contribution in [-0.2, 0) is 4.79 Å². The topological polar surface area (TPSA) is 56.3 Å². The van der Waals surface area contributed by atoms with Crippen molar-refractivity contribution in [1.82, 2.24) is 4.98 Å². The monoisotopic (exact) mass is 451 g/mol. The lowest BCUT2D eigenvalue weighted by atomic mass is 9.78. The van der Waals surface area contributed by atoms with Crippen molar-refractivity contribution >= 4 is 34.8 Å². The summed E-state index contributed by atoms with van der Waals surface area (Å²) in [6.45, 7) is -0.0659. The Morgan fingerprint density at radius 1 is 1.07 bits per heavy atom. The summed E-state index contributed by atoms with van der Waals surface area (Å²) in [5.41, 5.74) is 0.458. The first-order chi connectivity index (χ1) is 14.4. The van der Waals surface area contributed by atoms with Crippen molar-refractivity contribution in [1.29, 1.82) is 0 Å². The Kier molecular flexibility index (Phi) is 8.23. The summed E-state index contributed by atoms with van der Waals surface area (Å²) in [5, 5.41) is 0.543. The van der Waals surface area contributed by atoms with Crippen LogP contribution in [0.3, 0.4) is 0 Å². The number of carbonyl (C=O) groups is 2. The minimum atomic E-state index is -0.565. The highest BCUT2D eigenvalue weighted by Gasteiger charge is 2.24. The maximum absolute atomic E-state index is 13.4. The van der Waals surface area contributed by atoms with E-state index in [1.54, 1.807) is 18.2 Å². The van der Waals surface area contributed by atoms with Crippen molar-refractivity contribution in [2.45, 2.75) is 44.9 Å². The molecule has 0 N–H and O–H groups in total. The Morgan fingerprint density at radius 3 is 2.47 bits per heavy atom. The molecule has 0 bridgehead atoms. The fraction of sp³-hybridized carbons (Fsp3) is 0.435. The van der Waals surface area contributed by atoms with Gasteiger partial charge in [-0.25, -0.2) is 4.39 Å². The first-order valence-electron chi connectivity index (χ1n) is 10.1. The molecule has 0 atom stereocenters. The summed E-state index contributed by atoms with van der Waals surface area (Å²) in [6, 6.07) is 7.48. The summed E-state index contributed by atoms with van der Waals surface area (Å²) in [7, 11) is 0. The predicted octanol–water partition coefficient (Wildman–Crippen LogP) is 6.34. The van der Waals surface area contributed by atoms with E-state index in [0.717, 1.165) is 32.1 Å². The van der Waals surface area contributed by atoms with Crippen molar-refractivity contribution in [2.75, 3.05) is 6.61 Å². The van der Waals surface area contributed by atoms with Gasteiger partial charge in [0, 0.05) is 25.1 Å². The van der Waals surface area contributed by atoms with Crippen molar-refractivity contribution < 1.29 is 18.7 Å². The summed E-state index contributed by atoms with van der Waals surface area (Å²) >= 11 is 11.4. The molecule has 1 aliphatic carbocycles. The Bertz CT molecular complexity index is 881. The zero-order valence-corrected chi connectivity index (χ0v) is 18.1. The number of hydrogen-bond donors (Lipinski definition) is 0. The number of halogens is 3. The van der Waals surface area contributed by atoms with E-state index in [-0.39, 0.29) is 23.2 Å². The van der Waals surface area contributed by atoms with Gasteiger partial charge in [0.05, 0.1) is 10.0 Å². The van der Waals surface area contributed by atoms with Gasteiger partial charge < -0.3 is 4.74 Å². The van der Waals surface area contributed by atoms with E-state index in [4.69, 9.17) is 27.9 Å². The second-order valence-corrected chi connectivity index (χ2v) is 8.66. The molecule has 1 aliphatic rings. The van der Waals surface area contributed by atoms with Crippen LogP contribution in [0.1, 0.15) is 55.4 Å². The third kappa shape index (κ3) is 6.78. The summed E-state index contributed by atoms with van der Waals surface area (Å²) < 4.78 is 18.8. The van der Waals surface area contributed by atoms with Gasteiger partial charge in [0.25, 0.3) is 0 Å². The molecule has 1 saturated carbocycles. The van der Waals surface area contributed by atoms with Crippen LogP contribution < -0.4 is 4.74 Å². The lowest BCUT2D eigenvalue weighted by Gasteiger charge is -2.28. The Labute approximate surface area is 185 Å². The highest BCUT2D eigenvalue weighted by atomic mass is 35.5. The zero-order valence-electron chi connectivity index (χ0n) is 16.6. The van der Waals surface area contributed by atoms with Crippen LogP contribution in [0, 0.1) is 17.7 Å². The zero-order chi connectivity index (χ0) is 21.5. The molecule has 4 nitrogen and oxygen atoms in total. The van der Waals surface area contributed by atoms with E-state index in [2.05, 4.69) is 4.98 Å². The van der Waals surface area contributed by atoms with Crippen LogP contribution in [-0.4, -0.2) is 23.2 Å². The lowest BCUT2D eigenvalue weighted by molar-refractivity contribution is -0.122. The maximum Gasteiger partial charge on any atom is 0.181 e. The molecule has 1 aromatic carbocycles. The normalized spacial score (nSPS) is 18.8. The Balaban J connectivity index is 1.34. The average molecular weight is 452 g/mol. The highest BCUT2D eigenvalue weighted by Crippen LogP contribution is 2.33. The van der Waals surface area contributed by atoms with Gasteiger partial charge in [-0.3, -0.25) is 14.6 Å². The number of pyridine rings is 1. The molecular weight excluding hydrogens is 428 g/mol. The van der Waals surface area contributed by atoms with Gasteiger partial charge in [0.1, 0.15) is 23.9 Å². The van der Waals surface area contributed by atoms with Gasteiger partial charge in [-0.1, -0.05) is 36.0 Å². The van der Waals surface area contributed by atoms with E-state index < -0.39 is 5.82 Å². The molecule has 7 heteroatoms. The third-order valence-corrected chi connectivity index (χ3v) is 6.10. The average Bonchev–Trinajstić information content (AvgIpc) is 2.74. The molecule has 3 rings (SSSR count). The van der Waals surface area contributed by atoms with Gasteiger partial charge in [0.2, 0.25) is 0 Å². The number of carbonyl (C=O) groups excluding carboxylic acids is 2. The smallest absolute Gasteiger partial charge is 0.181 e. The SMILES string of the molecule is O=C(COc1ccc(Cl)c(F)c1)CC1CCC(CCC(=O)c2ccc(Cl)cn2)CC1. The van der Waals surface area contributed by atoms with E-state index in [0.29, 0.717) is 41.1 Å². The number of benzene rings is 1. The molecule has 1 aromatic heterocycles. The molecule has 0 amide bonds. The number of nitrogens with zero attached hydrogens (tertiary/aromatic N) is 1. The fourth-order valence-electron chi connectivity index (χ4n) is 3.84. The molecule has 30 heavy (non-hydrogen) atoms. The van der Waals surface area contributed by atoms with Gasteiger partial charge >= 0.3 is 0 Å². The molecule has 0 saturated heterocycles. The van der Waals surface area contributed by atoms with Crippen LogP contribution in [0.2, 0.25) is 10.0 Å². The minimum Gasteiger partial charge on any atom is -0.486 e. The number of Topliss-reactive ketones (excluding diaryl/α,β-unsaturated/α-hetero) is 2. The van der Waals surface area contributed by atoms with E-state index >= 15 is 0 Å². The van der Waals surface area contributed by atoms with Gasteiger partial charge in [-0.05, 0) is 55.4 Å². The number of aromatic nitrogens is 1. The van der Waals surface area contributed by atoms with Gasteiger partial charge in [-0.15, -0.1) is 0 Å². The van der Waals surface area contributed by atoms with E-state index in [1.807, 2.05) is 0 Å². The molecular formula is C23H24Cl2FNO3. The molecule has 160 valence electrons. The second-order valence-electron chi connectivity index (χ2n) is 7.82. The van der Waals surface area contributed by atoms with E-state index in [1.165, 1.54) is 18.3 Å². The second kappa shape index (κ2) is 10.9. The third-order valence-electron chi connectivity index (χ3n) is 5.57. The quantitative estimate of drug-likeness (QED) is 0.417. The summed E-state index contributed by atoms with van der Waals surface area (Å²) in [4.78, 5) is 28.5. The molecule has 1 heterocycles. The first kappa shape index (κ1) is 22.7. The summed E-state index contributed by atoms with van der Waals surface area (Å²) in [6.07, 6.45) is 7.26. The maximum atomic E-state index is 13.4. The first-order valence-corrected chi connectivity index (χ1v) is 10.9. The standard InChI is InChI=1S/C23H24Cl2FNO3/c24-17-6-9-22(27-13-17)23(29)10-5-15-1-3-16(4-2-15)11-18(28)14-30-19-7-8-20(25)21(26)12-19/h6-9,12-13,15-16H,1-5,10-11,14H2. The minimum absolute atomic E-state index is 0.0119.